The normalized spacial score (nSPS) is 18.9. The van der Waals surface area contributed by atoms with Crippen LogP contribution in [-0.2, 0) is 17.8 Å². The van der Waals surface area contributed by atoms with Gasteiger partial charge in [-0.05, 0) is 25.8 Å². The second-order valence-electron chi connectivity index (χ2n) is 6.39. The van der Waals surface area contributed by atoms with Crippen LogP contribution in [0.2, 0.25) is 0 Å². The second kappa shape index (κ2) is 5.91. The van der Waals surface area contributed by atoms with Crippen molar-refractivity contribution < 1.29 is 23.4 Å². The summed E-state index contributed by atoms with van der Waals surface area (Å²) in [5.74, 6) is -1.64. The van der Waals surface area contributed by atoms with E-state index >= 15 is 0 Å². The van der Waals surface area contributed by atoms with Gasteiger partial charge in [-0.3, -0.25) is 14.8 Å². The third-order valence-corrected chi connectivity index (χ3v) is 4.61. The topological polar surface area (TPSA) is 78.5 Å². The lowest BCUT2D eigenvalue weighted by atomic mass is 10.0. The van der Waals surface area contributed by atoms with Crippen LogP contribution < -0.4 is 9.64 Å². The van der Waals surface area contributed by atoms with E-state index in [1.165, 1.54) is 19.1 Å². The van der Waals surface area contributed by atoms with Gasteiger partial charge in [-0.1, -0.05) is 24.3 Å². The van der Waals surface area contributed by atoms with Crippen LogP contribution >= 0.6 is 0 Å². The first kappa shape index (κ1) is 16.7. The predicted octanol–water partition coefficient (Wildman–Crippen LogP) is 2.94. The predicted molar refractivity (Wildman–Crippen MR) is 89.8 cm³/mol. The smallest absolute Gasteiger partial charge is 0.423 e. The molecule has 0 fully saturated rings. The molecule has 4 rings (SSSR count). The lowest BCUT2D eigenvalue weighted by Crippen LogP contribution is -2.50. The van der Waals surface area contributed by atoms with Crippen LogP contribution in [0.25, 0.3) is 6.08 Å². The number of aliphatic hydroxyl groups is 1. The fraction of sp³-hybridized carbons (Fsp3) is 0.333. The average molecular weight is 361 g/mol. The first-order chi connectivity index (χ1) is 12.4. The highest BCUT2D eigenvalue weighted by Gasteiger charge is 2.51. The van der Waals surface area contributed by atoms with Gasteiger partial charge in [-0.2, -0.15) is 13.9 Å². The minimum Gasteiger partial charge on any atom is -0.423 e. The van der Waals surface area contributed by atoms with Gasteiger partial charge < -0.3 is 9.84 Å². The number of fused-ring (bicyclic) bond motifs is 2. The highest BCUT2D eigenvalue weighted by molar-refractivity contribution is 6.01. The number of anilines is 1. The summed E-state index contributed by atoms with van der Waals surface area (Å²) in [4.78, 5) is 13.3. The Morgan fingerprint density at radius 1 is 1.46 bits per heavy atom. The van der Waals surface area contributed by atoms with Crippen LogP contribution in [0.4, 0.5) is 14.5 Å². The van der Waals surface area contributed by atoms with E-state index in [9.17, 15) is 18.7 Å². The number of nitrogens with one attached hydrogen (secondary N) is 1. The highest BCUT2D eigenvalue weighted by Crippen LogP contribution is 2.44. The first-order valence-electron chi connectivity index (χ1n) is 8.31. The SMILES string of the molecule is C[C@H](O)c1cccc2c1OC(F)(F)C(=O)N2Cc1n[nH]c2c1C=CCC2. The summed E-state index contributed by atoms with van der Waals surface area (Å²) in [5, 5.41) is 17.0. The van der Waals surface area contributed by atoms with Gasteiger partial charge in [0, 0.05) is 16.8 Å². The molecule has 0 unspecified atom stereocenters. The number of carbonyl (C=O) groups is 1. The molecule has 0 radical (unpaired) electrons. The van der Waals surface area contributed by atoms with Crippen molar-refractivity contribution in [1.29, 1.82) is 0 Å². The molecule has 1 aromatic carbocycles. The van der Waals surface area contributed by atoms with Crippen molar-refractivity contribution in [3.05, 3.63) is 46.8 Å². The fourth-order valence-corrected chi connectivity index (χ4v) is 3.31. The Morgan fingerprint density at radius 2 is 2.27 bits per heavy atom. The Morgan fingerprint density at radius 3 is 3.04 bits per heavy atom. The number of allylic oxidation sites excluding steroid dienone is 1. The van der Waals surface area contributed by atoms with Gasteiger partial charge in [-0.25, -0.2) is 0 Å². The number of aryl methyl sites for hydroxylation is 1. The molecule has 26 heavy (non-hydrogen) atoms. The van der Waals surface area contributed by atoms with Crippen LogP contribution in [0.5, 0.6) is 5.75 Å². The van der Waals surface area contributed by atoms with Crippen molar-refractivity contribution in [2.75, 3.05) is 4.90 Å². The molecule has 2 aliphatic rings. The maximum absolute atomic E-state index is 14.2. The Balaban J connectivity index is 1.79. The number of nitrogens with zero attached hydrogens (tertiary/aromatic N) is 2. The number of rotatable bonds is 3. The number of alkyl halides is 2. The molecule has 6 nitrogen and oxygen atoms in total. The van der Waals surface area contributed by atoms with E-state index in [0.29, 0.717) is 5.69 Å². The molecule has 0 bridgehead atoms. The zero-order chi connectivity index (χ0) is 18.5. The summed E-state index contributed by atoms with van der Waals surface area (Å²) in [6, 6.07) is 4.60. The number of para-hydroxylation sites is 1. The van der Waals surface area contributed by atoms with Crippen LogP contribution in [0.3, 0.4) is 0 Å². The van der Waals surface area contributed by atoms with Crippen molar-refractivity contribution in [3.8, 4) is 5.75 Å². The van der Waals surface area contributed by atoms with Crippen molar-refractivity contribution in [3.63, 3.8) is 0 Å². The molecule has 2 heterocycles. The molecule has 0 spiro atoms. The minimum absolute atomic E-state index is 0.121. The molecule has 1 atom stereocenters. The lowest BCUT2D eigenvalue weighted by Gasteiger charge is -2.34. The van der Waals surface area contributed by atoms with Gasteiger partial charge in [0.2, 0.25) is 0 Å². The first-order valence-corrected chi connectivity index (χ1v) is 8.31. The molecule has 1 aliphatic heterocycles. The number of carbonyl (C=O) groups excluding carboxylic acids is 1. The van der Waals surface area contributed by atoms with Gasteiger partial charge >= 0.3 is 12.0 Å². The van der Waals surface area contributed by atoms with Gasteiger partial charge in [0.15, 0.2) is 5.75 Å². The average Bonchev–Trinajstić information content (AvgIpc) is 3.01. The van der Waals surface area contributed by atoms with Crippen molar-refractivity contribution in [1.82, 2.24) is 10.2 Å². The third kappa shape index (κ3) is 2.57. The molecule has 0 saturated carbocycles. The van der Waals surface area contributed by atoms with E-state index in [1.807, 2.05) is 12.2 Å². The monoisotopic (exact) mass is 361 g/mol. The van der Waals surface area contributed by atoms with Crippen LogP contribution in [0.15, 0.2) is 24.3 Å². The molecule has 136 valence electrons. The molecular formula is C18H17F2N3O3. The summed E-state index contributed by atoms with van der Waals surface area (Å²) in [6.07, 6.45) is 0.504. The van der Waals surface area contributed by atoms with E-state index in [0.717, 1.165) is 29.0 Å². The number of hydrogen-bond acceptors (Lipinski definition) is 4. The summed E-state index contributed by atoms with van der Waals surface area (Å²) in [5.41, 5.74) is 2.65. The van der Waals surface area contributed by atoms with Crippen LogP contribution in [0, 0.1) is 0 Å². The lowest BCUT2D eigenvalue weighted by molar-refractivity contribution is -0.193. The molecule has 1 amide bonds. The number of H-pyrrole nitrogens is 1. The molecular weight excluding hydrogens is 344 g/mol. The third-order valence-electron chi connectivity index (χ3n) is 4.61. The number of benzene rings is 1. The van der Waals surface area contributed by atoms with Crippen molar-refractivity contribution >= 4 is 17.7 Å². The van der Waals surface area contributed by atoms with E-state index < -0.39 is 18.1 Å². The van der Waals surface area contributed by atoms with E-state index in [4.69, 9.17) is 0 Å². The van der Waals surface area contributed by atoms with E-state index in [1.54, 1.807) is 6.07 Å². The van der Waals surface area contributed by atoms with Crippen LogP contribution in [-0.4, -0.2) is 27.3 Å². The Bertz CT molecular complexity index is 905. The molecule has 8 heteroatoms. The van der Waals surface area contributed by atoms with Crippen molar-refractivity contribution in [2.24, 2.45) is 0 Å². The number of hydrogen-bond donors (Lipinski definition) is 2. The summed E-state index contributed by atoms with van der Waals surface area (Å²) >= 11 is 0. The van der Waals surface area contributed by atoms with Gasteiger partial charge in [0.05, 0.1) is 24.0 Å². The number of aromatic nitrogens is 2. The van der Waals surface area contributed by atoms with E-state index in [-0.39, 0.29) is 23.5 Å². The van der Waals surface area contributed by atoms with Crippen LogP contribution in [0.1, 0.15) is 42.0 Å². The van der Waals surface area contributed by atoms with Crippen molar-refractivity contribution in [2.45, 2.75) is 38.5 Å². The molecule has 1 aliphatic carbocycles. The maximum atomic E-state index is 14.2. The zero-order valence-corrected chi connectivity index (χ0v) is 14.0. The summed E-state index contributed by atoms with van der Waals surface area (Å²) in [6.45, 7) is 1.33. The molecule has 0 saturated heterocycles. The quantitative estimate of drug-likeness (QED) is 0.881. The Labute approximate surface area is 148 Å². The number of halogens is 2. The largest absolute Gasteiger partial charge is 0.483 e. The Hall–Kier alpha value is -2.74. The van der Waals surface area contributed by atoms with Gasteiger partial charge in [-0.15, -0.1) is 0 Å². The molecule has 2 aromatic rings. The summed E-state index contributed by atoms with van der Waals surface area (Å²) < 4.78 is 33.1. The molecule has 1 aromatic heterocycles. The number of aliphatic hydroxyl groups excluding tert-OH is 1. The maximum Gasteiger partial charge on any atom is 0.483 e. The summed E-state index contributed by atoms with van der Waals surface area (Å²) in [7, 11) is 0. The number of amides is 1. The fourth-order valence-electron chi connectivity index (χ4n) is 3.31. The molecule has 2 N–H and O–H groups in total. The highest BCUT2D eigenvalue weighted by atomic mass is 19.3. The standard InChI is InChI=1S/C18H17F2N3O3/c1-10(24)11-6-4-8-15-16(11)26-18(19,20)17(25)23(15)9-14-12-5-2-3-7-13(12)21-22-14/h2,4-6,8,10,24H,3,7,9H2,1H3,(H,21,22)/t10-/m0/s1. The zero-order valence-electron chi connectivity index (χ0n) is 14.0. The number of ether oxygens (including phenoxy) is 1. The minimum atomic E-state index is -4.01. The number of aromatic amines is 1. The van der Waals surface area contributed by atoms with Gasteiger partial charge in [0.1, 0.15) is 0 Å². The second-order valence-corrected chi connectivity index (χ2v) is 6.39. The van der Waals surface area contributed by atoms with Gasteiger partial charge in [0.25, 0.3) is 0 Å². The van der Waals surface area contributed by atoms with E-state index in [2.05, 4.69) is 14.9 Å². The Kier molecular flexibility index (Phi) is 3.80.